The van der Waals surface area contributed by atoms with Crippen molar-refractivity contribution in [3.05, 3.63) is 4.88 Å². The van der Waals surface area contributed by atoms with Crippen molar-refractivity contribution in [2.75, 3.05) is 24.1 Å². The fourth-order valence-corrected chi connectivity index (χ4v) is 2.50. The second-order valence-corrected chi connectivity index (χ2v) is 4.73. The van der Waals surface area contributed by atoms with Gasteiger partial charge in [0.05, 0.1) is 0 Å². The molecule has 0 spiro atoms. The summed E-state index contributed by atoms with van der Waals surface area (Å²) >= 11 is 1.09. The first kappa shape index (κ1) is 11.2. The number of nitrogen functional groups attached to an aromatic ring is 1. The summed E-state index contributed by atoms with van der Waals surface area (Å²) in [6.45, 7) is 1.92. The maximum Gasteiger partial charge on any atom is 0.349 e. The van der Waals surface area contributed by atoms with Crippen molar-refractivity contribution in [1.29, 1.82) is 0 Å². The van der Waals surface area contributed by atoms with Gasteiger partial charge in [-0.15, -0.1) is 0 Å². The van der Waals surface area contributed by atoms with Crippen LogP contribution < -0.4 is 16.4 Å². The van der Waals surface area contributed by atoms with Gasteiger partial charge in [0.15, 0.2) is 15.8 Å². The molecular formula is C9H14N4O2S. The quantitative estimate of drug-likeness (QED) is 0.619. The summed E-state index contributed by atoms with van der Waals surface area (Å²) < 4.78 is 0. The molecule has 0 bridgehead atoms. The molecule has 1 aliphatic heterocycles. The number of carboxylic acids is 1. The van der Waals surface area contributed by atoms with Crippen LogP contribution in [-0.4, -0.2) is 35.2 Å². The number of nitrogens with zero attached hydrogens (tertiary/aromatic N) is 1. The highest BCUT2D eigenvalue weighted by molar-refractivity contribution is 7.17. The fraction of sp³-hybridized carbons (Fsp3) is 0.556. The molecule has 2 heterocycles. The molecule has 6 nitrogen and oxygen atoms in total. The van der Waals surface area contributed by atoms with E-state index in [2.05, 4.69) is 15.6 Å². The van der Waals surface area contributed by atoms with Gasteiger partial charge in [-0.25, -0.2) is 9.78 Å². The Morgan fingerprint density at radius 3 is 3.06 bits per heavy atom. The molecule has 0 amide bonds. The topological polar surface area (TPSA) is 100 Å². The van der Waals surface area contributed by atoms with Crippen LogP contribution in [0.1, 0.15) is 22.5 Å². The third kappa shape index (κ3) is 2.42. The summed E-state index contributed by atoms with van der Waals surface area (Å²) in [6.07, 6.45) is 2.18. The molecule has 88 valence electrons. The lowest BCUT2D eigenvalue weighted by Gasteiger charge is -2.23. The SMILES string of the molecule is Nc1nc(NC2CCCNC2)sc1C(=O)O. The number of anilines is 2. The van der Waals surface area contributed by atoms with Crippen molar-refractivity contribution in [3.63, 3.8) is 0 Å². The zero-order chi connectivity index (χ0) is 11.5. The summed E-state index contributed by atoms with van der Waals surface area (Å²) in [6, 6.07) is 0.306. The number of piperidine rings is 1. The zero-order valence-corrected chi connectivity index (χ0v) is 9.51. The van der Waals surface area contributed by atoms with Crippen molar-refractivity contribution >= 4 is 28.3 Å². The smallest absolute Gasteiger partial charge is 0.349 e. The highest BCUT2D eigenvalue weighted by Crippen LogP contribution is 2.25. The maximum absolute atomic E-state index is 10.8. The van der Waals surface area contributed by atoms with Crippen LogP contribution in [0.5, 0.6) is 0 Å². The number of hydrogen-bond donors (Lipinski definition) is 4. The third-order valence-electron chi connectivity index (χ3n) is 2.47. The number of carboxylic acid groups (broad SMARTS) is 1. The molecule has 1 aromatic rings. The van der Waals surface area contributed by atoms with E-state index in [4.69, 9.17) is 10.8 Å². The summed E-state index contributed by atoms with van der Waals surface area (Å²) in [5, 5.41) is 15.9. The summed E-state index contributed by atoms with van der Waals surface area (Å²) in [7, 11) is 0. The van der Waals surface area contributed by atoms with Crippen LogP contribution in [0.2, 0.25) is 0 Å². The van der Waals surface area contributed by atoms with Crippen LogP contribution >= 0.6 is 11.3 Å². The molecule has 1 aliphatic rings. The molecular weight excluding hydrogens is 228 g/mol. The molecule has 1 unspecified atom stereocenters. The Kier molecular flexibility index (Phi) is 3.25. The Balaban J connectivity index is 2.03. The minimum atomic E-state index is -1.02. The normalized spacial score (nSPS) is 20.6. The molecule has 0 aromatic carbocycles. The lowest BCUT2D eigenvalue weighted by atomic mass is 10.1. The average molecular weight is 242 g/mol. The van der Waals surface area contributed by atoms with E-state index in [1.807, 2.05) is 0 Å². The average Bonchev–Trinajstić information content (AvgIpc) is 2.61. The van der Waals surface area contributed by atoms with Crippen molar-refractivity contribution in [2.45, 2.75) is 18.9 Å². The van der Waals surface area contributed by atoms with E-state index in [9.17, 15) is 4.79 Å². The summed E-state index contributed by atoms with van der Waals surface area (Å²) in [5.41, 5.74) is 5.51. The molecule has 1 atom stereocenters. The predicted molar refractivity (Wildman–Crippen MR) is 63.0 cm³/mol. The van der Waals surface area contributed by atoms with Crippen LogP contribution in [0.3, 0.4) is 0 Å². The van der Waals surface area contributed by atoms with E-state index >= 15 is 0 Å². The van der Waals surface area contributed by atoms with Gasteiger partial charge in [-0.1, -0.05) is 11.3 Å². The molecule has 0 aliphatic carbocycles. The van der Waals surface area contributed by atoms with Gasteiger partial charge in [0.1, 0.15) is 0 Å². The molecule has 0 radical (unpaired) electrons. The Hall–Kier alpha value is -1.34. The highest BCUT2D eigenvalue weighted by atomic mass is 32.1. The number of carbonyl (C=O) groups is 1. The Labute approximate surface area is 96.9 Å². The van der Waals surface area contributed by atoms with E-state index in [1.54, 1.807) is 0 Å². The molecule has 0 saturated carbocycles. The van der Waals surface area contributed by atoms with Gasteiger partial charge in [0.2, 0.25) is 0 Å². The first-order chi connectivity index (χ1) is 7.66. The Morgan fingerprint density at radius 1 is 1.69 bits per heavy atom. The van der Waals surface area contributed by atoms with Gasteiger partial charge < -0.3 is 21.5 Å². The number of hydrogen-bond acceptors (Lipinski definition) is 6. The second kappa shape index (κ2) is 4.67. The first-order valence-electron chi connectivity index (χ1n) is 5.13. The van der Waals surface area contributed by atoms with Crippen molar-refractivity contribution in [2.24, 2.45) is 0 Å². The van der Waals surface area contributed by atoms with Gasteiger partial charge in [-0.3, -0.25) is 0 Å². The van der Waals surface area contributed by atoms with Gasteiger partial charge >= 0.3 is 5.97 Å². The number of thiazole rings is 1. The maximum atomic E-state index is 10.8. The van der Waals surface area contributed by atoms with Crippen molar-refractivity contribution in [3.8, 4) is 0 Å². The van der Waals surface area contributed by atoms with Crippen molar-refractivity contribution < 1.29 is 9.90 Å². The minimum absolute atomic E-state index is 0.0868. The summed E-state index contributed by atoms with van der Waals surface area (Å²) in [5.74, 6) is -0.936. The number of nitrogens with two attached hydrogens (primary N) is 1. The van der Waals surface area contributed by atoms with Gasteiger partial charge in [-0.2, -0.15) is 0 Å². The largest absolute Gasteiger partial charge is 0.477 e. The number of nitrogens with one attached hydrogen (secondary N) is 2. The lowest BCUT2D eigenvalue weighted by Crippen LogP contribution is -2.38. The van der Waals surface area contributed by atoms with Gasteiger partial charge in [-0.05, 0) is 19.4 Å². The van der Waals surface area contributed by atoms with Gasteiger partial charge in [0.25, 0.3) is 0 Å². The van der Waals surface area contributed by atoms with E-state index < -0.39 is 5.97 Å². The first-order valence-corrected chi connectivity index (χ1v) is 5.95. The molecule has 5 N–H and O–H groups in total. The Bertz CT molecular complexity index is 387. The standard InChI is InChI=1S/C9H14N4O2S/c10-7-6(8(14)15)16-9(13-7)12-5-2-1-3-11-4-5/h5,11H,1-4,10H2,(H,12,13)(H,14,15). The second-order valence-electron chi connectivity index (χ2n) is 3.73. The molecule has 7 heteroatoms. The number of aromatic carboxylic acids is 1. The molecule has 1 aromatic heterocycles. The van der Waals surface area contributed by atoms with E-state index in [0.717, 1.165) is 37.3 Å². The van der Waals surface area contributed by atoms with E-state index in [1.165, 1.54) is 0 Å². The zero-order valence-electron chi connectivity index (χ0n) is 8.69. The number of rotatable bonds is 3. The monoisotopic (exact) mass is 242 g/mol. The minimum Gasteiger partial charge on any atom is -0.477 e. The summed E-state index contributed by atoms with van der Waals surface area (Å²) in [4.78, 5) is 14.9. The van der Waals surface area contributed by atoms with Crippen LogP contribution in [0, 0.1) is 0 Å². The molecule has 1 fully saturated rings. The fourth-order valence-electron chi connectivity index (χ4n) is 1.70. The third-order valence-corrected chi connectivity index (χ3v) is 3.46. The van der Waals surface area contributed by atoms with Crippen LogP contribution in [0.25, 0.3) is 0 Å². The predicted octanol–water partition coefficient (Wildman–Crippen LogP) is 0.587. The molecule has 16 heavy (non-hydrogen) atoms. The highest BCUT2D eigenvalue weighted by Gasteiger charge is 2.18. The van der Waals surface area contributed by atoms with Crippen molar-refractivity contribution in [1.82, 2.24) is 10.3 Å². The van der Waals surface area contributed by atoms with E-state index in [0.29, 0.717) is 11.2 Å². The van der Waals surface area contributed by atoms with Crippen LogP contribution in [0.15, 0.2) is 0 Å². The Morgan fingerprint density at radius 2 is 2.50 bits per heavy atom. The lowest BCUT2D eigenvalue weighted by molar-refractivity contribution is 0.0703. The van der Waals surface area contributed by atoms with E-state index in [-0.39, 0.29) is 10.7 Å². The molecule has 2 rings (SSSR count). The molecule has 1 saturated heterocycles. The van der Waals surface area contributed by atoms with Crippen LogP contribution in [-0.2, 0) is 0 Å². The van der Waals surface area contributed by atoms with Gasteiger partial charge in [0, 0.05) is 12.6 Å². The van der Waals surface area contributed by atoms with Crippen LogP contribution in [0.4, 0.5) is 10.9 Å². The number of aromatic nitrogens is 1.